The smallest absolute Gasteiger partial charge is 0.343 e. The van der Waals surface area contributed by atoms with Crippen LogP contribution < -0.4 is 16.5 Å². The molecule has 2 aromatic carbocycles. The lowest BCUT2D eigenvalue weighted by Gasteiger charge is -2.09. The molecule has 19 heavy (non-hydrogen) atoms. The van der Waals surface area contributed by atoms with Crippen LogP contribution in [0, 0.1) is 0 Å². The number of primary amides is 1. The number of carbonyl (C=O) groups excluding carboxylic acids is 2. The monoisotopic (exact) mass is 259 g/mol. The molecule has 0 aliphatic rings. The van der Waals surface area contributed by atoms with Gasteiger partial charge >= 0.3 is 6.03 Å². The van der Waals surface area contributed by atoms with E-state index in [0.717, 1.165) is 10.8 Å². The highest BCUT2D eigenvalue weighted by atomic mass is 16.7. The first-order chi connectivity index (χ1) is 9.16. The molecule has 0 unspecified atom stereocenters. The van der Waals surface area contributed by atoms with Gasteiger partial charge < -0.3 is 11.1 Å². The van der Waals surface area contributed by atoms with Crippen molar-refractivity contribution in [2.75, 3.05) is 11.9 Å². The fraction of sp³-hybridized carbons (Fsp3) is 0.0769. The van der Waals surface area contributed by atoms with E-state index < -0.39 is 11.9 Å². The quantitative estimate of drug-likeness (QED) is 0.724. The highest BCUT2D eigenvalue weighted by molar-refractivity contribution is 6.01. The number of rotatable bonds is 4. The highest BCUT2D eigenvalue weighted by Gasteiger charge is 2.05. The lowest BCUT2D eigenvalue weighted by Crippen LogP contribution is -2.32. The SMILES string of the molecule is NC(=O)CONC(=O)Nc1cccc2ccccc12. The van der Waals surface area contributed by atoms with E-state index in [1.807, 2.05) is 36.4 Å². The Morgan fingerprint density at radius 2 is 1.84 bits per heavy atom. The molecule has 0 fully saturated rings. The highest BCUT2D eigenvalue weighted by Crippen LogP contribution is 2.22. The van der Waals surface area contributed by atoms with Crippen molar-refractivity contribution >= 4 is 28.4 Å². The molecule has 6 heteroatoms. The van der Waals surface area contributed by atoms with E-state index in [0.29, 0.717) is 5.69 Å². The number of benzene rings is 2. The summed E-state index contributed by atoms with van der Waals surface area (Å²) < 4.78 is 0. The van der Waals surface area contributed by atoms with Gasteiger partial charge in [-0.25, -0.2) is 10.3 Å². The fourth-order valence-electron chi connectivity index (χ4n) is 1.65. The standard InChI is InChI=1S/C13H13N3O3/c14-12(17)8-19-16-13(18)15-11-7-3-5-9-4-1-2-6-10(9)11/h1-7H,8H2,(H2,14,17)(H2,15,16,18). The summed E-state index contributed by atoms with van der Waals surface area (Å²) >= 11 is 0. The Hall–Kier alpha value is -2.60. The molecule has 0 saturated heterocycles. The van der Waals surface area contributed by atoms with E-state index in [4.69, 9.17) is 5.73 Å². The normalized spacial score (nSPS) is 10.1. The Labute approximate surface area is 109 Å². The van der Waals surface area contributed by atoms with E-state index in [2.05, 4.69) is 15.6 Å². The number of nitrogens with two attached hydrogens (primary N) is 1. The minimum Gasteiger partial charge on any atom is -0.368 e. The summed E-state index contributed by atoms with van der Waals surface area (Å²) in [5, 5.41) is 4.56. The Morgan fingerprint density at radius 3 is 2.63 bits per heavy atom. The molecule has 0 aliphatic carbocycles. The van der Waals surface area contributed by atoms with Crippen LogP contribution in [0.4, 0.5) is 10.5 Å². The number of fused-ring (bicyclic) bond motifs is 1. The number of hydrogen-bond acceptors (Lipinski definition) is 3. The van der Waals surface area contributed by atoms with Crippen LogP contribution in [0.15, 0.2) is 42.5 Å². The van der Waals surface area contributed by atoms with Crippen molar-refractivity contribution in [3.05, 3.63) is 42.5 Å². The van der Waals surface area contributed by atoms with Gasteiger partial charge in [-0.3, -0.25) is 9.63 Å². The molecule has 0 aliphatic heterocycles. The number of amides is 3. The first-order valence-corrected chi connectivity index (χ1v) is 5.61. The van der Waals surface area contributed by atoms with Crippen molar-refractivity contribution in [3.63, 3.8) is 0 Å². The molecule has 0 heterocycles. The zero-order valence-electron chi connectivity index (χ0n) is 10.1. The summed E-state index contributed by atoms with van der Waals surface area (Å²) in [7, 11) is 0. The molecular weight excluding hydrogens is 246 g/mol. The van der Waals surface area contributed by atoms with Crippen molar-refractivity contribution in [1.29, 1.82) is 0 Å². The van der Waals surface area contributed by atoms with E-state index in [9.17, 15) is 9.59 Å². The molecule has 3 amide bonds. The molecule has 0 aromatic heterocycles. The molecule has 0 spiro atoms. The van der Waals surface area contributed by atoms with E-state index in [1.165, 1.54) is 0 Å². The largest absolute Gasteiger partial charge is 0.368 e. The van der Waals surface area contributed by atoms with Crippen molar-refractivity contribution in [1.82, 2.24) is 5.48 Å². The summed E-state index contributed by atoms with van der Waals surface area (Å²) in [6, 6.07) is 12.6. The first-order valence-electron chi connectivity index (χ1n) is 5.61. The second kappa shape index (κ2) is 5.83. The minimum absolute atomic E-state index is 0.372. The van der Waals surface area contributed by atoms with Crippen LogP contribution in [0.2, 0.25) is 0 Å². The topological polar surface area (TPSA) is 93.5 Å². The number of carbonyl (C=O) groups is 2. The molecule has 2 rings (SSSR count). The minimum atomic E-state index is -0.662. The Morgan fingerprint density at radius 1 is 1.11 bits per heavy atom. The zero-order chi connectivity index (χ0) is 13.7. The molecule has 0 saturated carbocycles. The number of nitrogens with one attached hydrogen (secondary N) is 2. The zero-order valence-corrected chi connectivity index (χ0v) is 10.1. The maximum Gasteiger partial charge on any atom is 0.343 e. The predicted octanol–water partition coefficient (Wildman–Crippen LogP) is 1.38. The number of hydrogen-bond donors (Lipinski definition) is 3. The van der Waals surface area contributed by atoms with Crippen molar-refractivity contribution < 1.29 is 14.4 Å². The van der Waals surface area contributed by atoms with Crippen LogP contribution in [0.25, 0.3) is 10.8 Å². The summed E-state index contributed by atoms with van der Waals surface area (Å²) in [5.41, 5.74) is 7.60. The average Bonchev–Trinajstić information content (AvgIpc) is 2.39. The molecule has 98 valence electrons. The molecule has 4 N–H and O–H groups in total. The summed E-state index contributed by atoms with van der Waals surface area (Å²) in [4.78, 5) is 26.6. The second-order valence-corrected chi connectivity index (χ2v) is 3.84. The first kappa shape index (κ1) is 12.8. The fourth-order valence-corrected chi connectivity index (χ4v) is 1.65. The van der Waals surface area contributed by atoms with Crippen LogP contribution in [0.1, 0.15) is 0 Å². The molecular formula is C13H13N3O3. The number of hydroxylamine groups is 1. The van der Waals surface area contributed by atoms with Gasteiger partial charge in [-0.2, -0.15) is 0 Å². The summed E-state index contributed by atoms with van der Waals surface area (Å²) in [5.74, 6) is -0.662. The van der Waals surface area contributed by atoms with Crippen LogP contribution in [-0.2, 0) is 9.63 Å². The number of urea groups is 1. The van der Waals surface area contributed by atoms with Crippen molar-refractivity contribution in [3.8, 4) is 0 Å². The van der Waals surface area contributed by atoms with Gasteiger partial charge in [0.25, 0.3) is 0 Å². The molecule has 0 radical (unpaired) electrons. The van der Waals surface area contributed by atoms with Gasteiger partial charge in [0, 0.05) is 5.39 Å². The van der Waals surface area contributed by atoms with Gasteiger partial charge in [-0.15, -0.1) is 0 Å². The maximum atomic E-state index is 11.5. The van der Waals surface area contributed by atoms with Crippen LogP contribution in [-0.4, -0.2) is 18.5 Å². The van der Waals surface area contributed by atoms with E-state index in [-0.39, 0.29) is 6.61 Å². The van der Waals surface area contributed by atoms with Crippen LogP contribution in [0.5, 0.6) is 0 Å². The van der Waals surface area contributed by atoms with Gasteiger partial charge in [0.15, 0.2) is 6.61 Å². The Bertz CT molecular complexity index is 608. The van der Waals surface area contributed by atoms with Crippen molar-refractivity contribution in [2.45, 2.75) is 0 Å². The second-order valence-electron chi connectivity index (χ2n) is 3.84. The van der Waals surface area contributed by atoms with Gasteiger partial charge in [-0.1, -0.05) is 36.4 Å². The van der Waals surface area contributed by atoms with Gasteiger partial charge in [-0.05, 0) is 11.5 Å². The molecule has 0 bridgehead atoms. The molecule has 2 aromatic rings. The van der Waals surface area contributed by atoms with E-state index >= 15 is 0 Å². The lowest BCUT2D eigenvalue weighted by molar-refractivity contribution is -0.124. The third-order valence-corrected chi connectivity index (χ3v) is 2.42. The molecule has 0 atom stereocenters. The van der Waals surface area contributed by atoms with Crippen LogP contribution >= 0.6 is 0 Å². The van der Waals surface area contributed by atoms with Crippen LogP contribution in [0.3, 0.4) is 0 Å². The Kier molecular flexibility index (Phi) is 3.94. The van der Waals surface area contributed by atoms with Gasteiger partial charge in [0.1, 0.15) is 0 Å². The Balaban J connectivity index is 2.05. The summed E-state index contributed by atoms with van der Waals surface area (Å²) in [6.07, 6.45) is 0. The van der Waals surface area contributed by atoms with Gasteiger partial charge in [0.2, 0.25) is 5.91 Å². The molecule has 6 nitrogen and oxygen atoms in total. The van der Waals surface area contributed by atoms with E-state index in [1.54, 1.807) is 6.07 Å². The van der Waals surface area contributed by atoms with Crippen molar-refractivity contribution in [2.24, 2.45) is 5.73 Å². The predicted molar refractivity (Wildman–Crippen MR) is 71.2 cm³/mol. The summed E-state index contributed by atoms with van der Waals surface area (Å²) in [6.45, 7) is -0.372. The van der Waals surface area contributed by atoms with Gasteiger partial charge in [0.05, 0.1) is 5.69 Å². The maximum absolute atomic E-state index is 11.5. The third kappa shape index (κ3) is 3.43. The lowest BCUT2D eigenvalue weighted by atomic mass is 10.1. The third-order valence-electron chi connectivity index (χ3n) is 2.42. The number of anilines is 1. The average molecular weight is 259 g/mol.